The minimum atomic E-state index is -4.56. The van der Waals surface area contributed by atoms with E-state index in [0.717, 1.165) is 38.5 Å². The first-order chi connectivity index (χ1) is 30.5. The lowest BCUT2D eigenvalue weighted by Gasteiger charge is -2.30. The molecule has 1 amide bonds. The SMILES string of the molecule is CCCCCCCCCCCCCCCCCCCCCCCCCCCCC(=O)NC(COP(=O)([O-])OCC[N+](C)(C)C)C(O)CCCCCCCCCCCCCCCCC. The predicted octanol–water partition coefficient (Wildman–Crippen LogP) is 15.9. The van der Waals surface area contributed by atoms with Crippen LogP contribution in [0.5, 0.6) is 0 Å². The van der Waals surface area contributed by atoms with Gasteiger partial charge in [0.15, 0.2) is 0 Å². The first kappa shape index (κ1) is 62.5. The summed E-state index contributed by atoms with van der Waals surface area (Å²) >= 11 is 0. The van der Waals surface area contributed by atoms with Crippen LogP contribution in [0.1, 0.15) is 290 Å². The van der Waals surface area contributed by atoms with E-state index in [0.29, 0.717) is 23.9 Å². The molecule has 0 aromatic heterocycles. The summed E-state index contributed by atoms with van der Waals surface area (Å²) < 4.78 is 23.4. The molecule has 2 N–H and O–H groups in total. The van der Waals surface area contributed by atoms with E-state index < -0.39 is 20.0 Å². The number of quaternary nitrogens is 1. The third-order valence-electron chi connectivity index (χ3n) is 13.1. The highest BCUT2D eigenvalue weighted by Gasteiger charge is 2.24. The Bertz CT molecular complexity index is 994. The van der Waals surface area contributed by atoms with Gasteiger partial charge in [0.1, 0.15) is 13.2 Å². The molecule has 0 aromatic rings. The molecule has 0 rings (SSSR count). The Balaban J connectivity index is 4.08. The number of likely N-dealkylation sites (N-methyl/N-ethyl adjacent to an activating group) is 1. The Hall–Kier alpha value is -0.500. The number of amides is 1. The maximum Gasteiger partial charge on any atom is 0.268 e. The lowest BCUT2D eigenvalue weighted by Crippen LogP contribution is -2.46. The molecule has 0 heterocycles. The molecular formula is C54H111N2O6P. The molecule has 0 fully saturated rings. The van der Waals surface area contributed by atoms with E-state index in [2.05, 4.69) is 19.2 Å². The average molecular weight is 915 g/mol. The molecule has 0 aliphatic heterocycles. The number of nitrogens with one attached hydrogen (secondary N) is 1. The minimum absolute atomic E-state index is 0.0165. The zero-order valence-corrected chi connectivity index (χ0v) is 44.0. The van der Waals surface area contributed by atoms with Crippen LogP contribution < -0.4 is 10.2 Å². The van der Waals surface area contributed by atoms with E-state index in [-0.39, 0.29) is 19.1 Å². The van der Waals surface area contributed by atoms with Crippen molar-refractivity contribution in [1.29, 1.82) is 0 Å². The minimum Gasteiger partial charge on any atom is -0.756 e. The number of rotatable bonds is 52. The molecule has 0 radical (unpaired) electrons. The molecule has 0 aliphatic rings. The van der Waals surface area contributed by atoms with Gasteiger partial charge < -0.3 is 28.8 Å². The van der Waals surface area contributed by atoms with Crippen molar-refractivity contribution in [2.45, 2.75) is 302 Å². The van der Waals surface area contributed by atoms with Gasteiger partial charge in [-0.3, -0.25) is 9.36 Å². The van der Waals surface area contributed by atoms with Gasteiger partial charge >= 0.3 is 0 Å². The Morgan fingerprint density at radius 3 is 1.08 bits per heavy atom. The van der Waals surface area contributed by atoms with Gasteiger partial charge in [0, 0.05) is 6.42 Å². The van der Waals surface area contributed by atoms with Gasteiger partial charge in [-0.1, -0.05) is 271 Å². The smallest absolute Gasteiger partial charge is 0.268 e. The first-order valence-electron chi connectivity index (χ1n) is 27.9. The van der Waals surface area contributed by atoms with E-state index in [1.807, 2.05) is 21.1 Å². The number of carbonyl (C=O) groups excluding carboxylic acids is 1. The molecular weight excluding hydrogens is 804 g/mol. The van der Waals surface area contributed by atoms with Gasteiger partial charge in [0.05, 0.1) is 39.9 Å². The van der Waals surface area contributed by atoms with E-state index in [4.69, 9.17) is 9.05 Å². The van der Waals surface area contributed by atoms with Crippen LogP contribution in [-0.2, 0) is 18.4 Å². The van der Waals surface area contributed by atoms with Gasteiger partial charge in [-0.2, -0.15) is 0 Å². The van der Waals surface area contributed by atoms with Gasteiger partial charge in [0.25, 0.3) is 7.82 Å². The number of phosphoric acid groups is 1. The van der Waals surface area contributed by atoms with E-state index in [1.165, 1.54) is 225 Å². The van der Waals surface area contributed by atoms with Crippen molar-refractivity contribution < 1.29 is 32.9 Å². The monoisotopic (exact) mass is 915 g/mol. The van der Waals surface area contributed by atoms with Crippen LogP contribution in [0.25, 0.3) is 0 Å². The Morgan fingerprint density at radius 2 is 0.778 bits per heavy atom. The molecule has 0 bridgehead atoms. The molecule has 378 valence electrons. The fraction of sp³-hybridized carbons (Fsp3) is 0.981. The van der Waals surface area contributed by atoms with Crippen molar-refractivity contribution >= 4 is 13.7 Å². The number of hydrogen-bond acceptors (Lipinski definition) is 6. The van der Waals surface area contributed by atoms with Crippen molar-refractivity contribution in [1.82, 2.24) is 5.32 Å². The molecule has 0 saturated heterocycles. The second-order valence-corrected chi connectivity index (χ2v) is 22.1. The van der Waals surface area contributed by atoms with Crippen molar-refractivity contribution in [3.05, 3.63) is 0 Å². The highest BCUT2D eigenvalue weighted by Crippen LogP contribution is 2.38. The number of phosphoric ester groups is 1. The molecule has 8 nitrogen and oxygen atoms in total. The van der Waals surface area contributed by atoms with Crippen molar-refractivity contribution in [3.8, 4) is 0 Å². The van der Waals surface area contributed by atoms with Crippen LogP contribution in [0.15, 0.2) is 0 Å². The van der Waals surface area contributed by atoms with Gasteiger partial charge in [-0.05, 0) is 12.8 Å². The van der Waals surface area contributed by atoms with E-state index in [9.17, 15) is 19.4 Å². The summed E-state index contributed by atoms with van der Waals surface area (Å²) in [7, 11) is 1.32. The fourth-order valence-corrected chi connectivity index (χ4v) is 9.41. The molecule has 0 aliphatic carbocycles. The van der Waals surface area contributed by atoms with Crippen LogP contribution in [0, 0.1) is 0 Å². The predicted molar refractivity (Wildman–Crippen MR) is 270 cm³/mol. The van der Waals surface area contributed by atoms with Crippen molar-refractivity contribution in [2.75, 3.05) is 40.9 Å². The molecule has 0 spiro atoms. The maximum absolute atomic E-state index is 13.0. The fourth-order valence-electron chi connectivity index (χ4n) is 8.69. The molecule has 3 unspecified atom stereocenters. The number of aliphatic hydroxyl groups is 1. The number of nitrogens with zero attached hydrogens (tertiary/aromatic N) is 1. The third kappa shape index (κ3) is 49.2. The topological polar surface area (TPSA) is 108 Å². The molecule has 63 heavy (non-hydrogen) atoms. The summed E-state index contributed by atoms with van der Waals surface area (Å²) in [4.78, 5) is 25.5. The quantitative estimate of drug-likeness (QED) is 0.0357. The van der Waals surface area contributed by atoms with Crippen molar-refractivity contribution in [3.63, 3.8) is 0 Å². The number of carbonyl (C=O) groups is 1. The lowest BCUT2D eigenvalue weighted by atomic mass is 10.0. The van der Waals surface area contributed by atoms with Crippen LogP contribution in [-0.4, -0.2) is 68.5 Å². The summed E-state index contributed by atoms with van der Waals surface area (Å²) in [6.07, 6.45) is 54.2. The van der Waals surface area contributed by atoms with Crippen LogP contribution in [0.2, 0.25) is 0 Å². The second kappa shape index (κ2) is 46.6. The summed E-state index contributed by atoms with van der Waals surface area (Å²) in [6, 6.07) is -0.794. The maximum atomic E-state index is 13.0. The summed E-state index contributed by atoms with van der Waals surface area (Å²) in [6.45, 7) is 4.77. The number of unbranched alkanes of at least 4 members (excludes halogenated alkanes) is 39. The second-order valence-electron chi connectivity index (χ2n) is 20.7. The standard InChI is InChI=1S/C54H111N2O6P/c1-6-8-10-12-14-16-18-20-22-23-24-25-26-27-28-29-30-31-32-34-36-38-40-42-44-46-48-54(58)55-52(51-62-63(59,60)61-50-49-56(3,4)5)53(57)47-45-43-41-39-37-35-33-21-19-17-15-13-11-9-7-2/h52-53,57H,6-51H2,1-5H3,(H-,55,58,59,60). The van der Waals surface area contributed by atoms with Crippen LogP contribution in [0.4, 0.5) is 0 Å². The van der Waals surface area contributed by atoms with Crippen LogP contribution in [0.3, 0.4) is 0 Å². The zero-order valence-electron chi connectivity index (χ0n) is 43.1. The first-order valence-corrected chi connectivity index (χ1v) is 29.3. The molecule has 0 saturated carbocycles. The number of hydrogen-bond donors (Lipinski definition) is 2. The molecule has 9 heteroatoms. The third-order valence-corrected chi connectivity index (χ3v) is 14.1. The van der Waals surface area contributed by atoms with Gasteiger partial charge in [-0.15, -0.1) is 0 Å². The number of aliphatic hydroxyl groups excluding tert-OH is 1. The summed E-state index contributed by atoms with van der Waals surface area (Å²) in [5, 5.41) is 14.0. The largest absolute Gasteiger partial charge is 0.756 e. The molecule has 3 atom stereocenters. The normalized spacial score (nSPS) is 14.0. The highest BCUT2D eigenvalue weighted by atomic mass is 31.2. The van der Waals surface area contributed by atoms with Crippen molar-refractivity contribution in [2.24, 2.45) is 0 Å². The lowest BCUT2D eigenvalue weighted by molar-refractivity contribution is -0.870. The van der Waals surface area contributed by atoms with E-state index >= 15 is 0 Å². The Labute approximate surface area is 393 Å². The van der Waals surface area contributed by atoms with Gasteiger partial charge in [0.2, 0.25) is 5.91 Å². The van der Waals surface area contributed by atoms with E-state index in [1.54, 1.807) is 0 Å². The van der Waals surface area contributed by atoms with Gasteiger partial charge in [-0.25, -0.2) is 0 Å². The Kier molecular flexibility index (Phi) is 46.2. The van der Waals surface area contributed by atoms with Crippen LogP contribution >= 0.6 is 7.82 Å². The zero-order chi connectivity index (χ0) is 46.4. The average Bonchev–Trinajstić information content (AvgIpc) is 3.24. The Morgan fingerprint density at radius 1 is 0.492 bits per heavy atom. The highest BCUT2D eigenvalue weighted by molar-refractivity contribution is 7.45. The molecule has 0 aromatic carbocycles. The summed E-state index contributed by atoms with van der Waals surface area (Å²) in [5.41, 5.74) is 0. The summed E-state index contributed by atoms with van der Waals surface area (Å²) in [5.74, 6) is -0.157.